The number of aromatic nitrogens is 1. The Morgan fingerprint density at radius 1 is 0.939 bits per heavy atom. The number of hydrogen-bond donors (Lipinski definition) is 1. The van der Waals surface area contributed by atoms with Crippen molar-refractivity contribution in [3.05, 3.63) is 89.5 Å². The van der Waals surface area contributed by atoms with Crippen molar-refractivity contribution >= 4 is 16.8 Å². The predicted molar refractivity (Wildman–Crippen MR) is 130 cm³/mol. The molecule has 0 fully saturated rings. The highest BCUT2D eigenvalue weighted by atomic mass is 16.5. The molecular weight excluding hydrogens is 412 g/mol. The third kappa shape index (κ3) is 4.02. The lowest BCUT2D eigenvalue weighted by Gasteiger charge is -2.26. The SMILES string of the molecule is COc1ccc(-c2cc(C(=O)NC3CCCc4ccccc43)c3ccccc3n2)cc1OC. The fourth-order valence-electron chi connectivity index (χ4n) is 4.65. The molecule has 0 saturated heterocycles. The molecule has 1 aliphatic rings. The summed E-state index contributed by atoms with van der Waals surface area (Å²) < 4.78 is 10.8. The first-order valence-corrected chi connectivity index (χ1v) is 11.2. The monoisotopic (exact) mass is 438 g/mol. The maximum Gasteiger partial charge on any atom is 0.252 e. The number of hydrogen-bond acceptors (Lipinski definition) is 4. The van der Waals surface area contributed by atoms with E-state index in [9.17, 15) is 4.79 Å². The quantitative estimate of drug-likeness (QED) is 0.433. The van der Waals surface area contributed by atoms with E-state index in [1.165, 1.54) is 11.1 Å². The molecule has 4 aromatic rings. The summed E-state index contributed by atoms with van der Waals surface area (Å²) >= 11 is 0. The molecule has 0 aliphatic heterocycles. The molecule has 33 heavy (non-hydrogen) atoms. The highest BCUT2D eigenvalue weighted by molar-refractivity contribution is 6.07. The molecule has 1 atom stereocenters. The van der Waals surface area contributed by atoms with E-state index in [0.29, 0.717) is 22.8 Å². The maximum absolute atomic E-state index is 13.6. The van der Waals surface area contributed by atoms with Gasteiger partial charge in [0.25, 0.3) is 5.91 Å². The zero-order valence-electron chi connectivity index (χ0n) is 18.8. The first kappa shape index (κ1) is 21.0. The molecule has 0 bridgehead atoms. The lowest BCUT2D eigenvalue weighted by Crippen LogP contribution is -2.31. The highest BCUT2D eigenvalue weighted by Crippen LogP contribution is 2.34. The molecule has 0 spiro atoms. The topological polar surface area (TPSA) is 60.5 Å². The number of aryl methyl sites for hydroxylation is 1. The second kappa shape index (κ2) is 8.94. The van der Waals surface area contributed by atoms with E-state index in [-0.39, 0.29) is 11.9 Å². The van der Waals surface area contributed by atoms with Crippen molar-refractivity contribution in [1.82, 2.24) is 10.3 Å². The third-order valence-electron chi connectivity index (χ3n) is 6.31. The molecule has 1 heterocycles. The van der Waals surface area contributed by atoms with Crippen molar-refractivity contribution < 1.29 is 14.3 Å². The van der Waals surface area contributed by atoms with Crippen LogP contribution in [0.3, 0.4) is 0 Å². The number of carbonyl (C=O) groups excluding carboxylic acids is 1. The van der Waals surface area contributed by atoms with Crippen molar-refractivity contribution in [3.8, 4) is 22.8 Å². The number of carbonyl (C=O) groups is 1. The van der Waals surface area contributed by atoms with Gasteiger partial charge in [0.1, 0.15) is 0 Å². The second-order valence-corrected chi connectivity index (χ2v) is 8.26. The summed E-state index contributed by atoms with van der Waals surface area (Å²) in [6.45, 7) is 0. The zero-order chi connectivity index (χ0) is 22.8. The summed E-state index contributed by atoms with van der Waals surface area (Å²) in [6, 6.07) is 23.7. The minimum atomic E-state index is -0.0861. The average molecular weight is 439 g/mol. The Hall–Kier alpha value is -3.86. The van der Waals surface area contributed by atoms with Gasteiger partial charge in [-0.3, -0.25) is 4.79 Å². The van der Waals surface area contributed by atoms with Gasteiger partial charge in [-0.2, -0.15) is 0 Å². The van der Waals surface area contributed by atoms with Gasteiger partial charge in [-0.1, -0.05) is 42.5 Å². The van der Waals surface area contributed by atoms with Gasteiger partial charge in [0, 0.05) is 10.9 Å². The van der Waals surface area contributed by atoms with Gasteiger partial charge in [0.05, 0.1) is 37.0 Å². The number of rotatable bonds is 5. The van der Waals surface area contributed by atoms with E-state index in [4.69, 9.17) is 14.5 Å². The number of benzene rings is 3. The van der Waals surface area contributed by atoms with Gasteiger partial charge >= 0.3 is 0 Å². The van der Waals surface area contributed by atoms with Crippen molar-refractivity contribution in [1.29, 1.82) is 0 Å². The van der Waals surface area contributed by atoms with E-state index < -0.39 is 0 Å². The first-order valence-electron chi connectivity index (χ1n) is 11.2. The van der Waals surface area contributed by atoms with E-state index in [1.807, 2.05) is 54.6 Å². The minimum Gasteiger partial charge on any atom is -0.493 e. The Morgan fingerprint density at radius 3 is 2.58 bits per heavy atom. The molecular formula is C28H26N2O3. The molecule has 1 unspecified atom stereocenters. The van der Waals surface area contributed by atoms with Crippen LogP contribution in [0.2, 0.25) is 0 Å². The first-order chi connectivity index (χ1) is 16.2. The standard InChI is InChI=1S/C28H26N2O3/c1-32-26-15-14-19(16-27(26)33-2)25-17-22(21-11-5-6-12-24(21)29-25)28(31)30-23-13-7-9-18-8-3-4-10-20(18)23/h3-6,8,10-12,14-17,23H,7,9,13H2,1-2H3,(H,30,31). The lowest BCUT2D eigenvalue weighted by molar-refractivity contribution is 0.0934. The van der Waals surface area contributed by atoms with Gasteiger partial charge < -0.3 is 14.8 Å². The average Bonchev–Trinajstić information content (AvgIpc) is 2.87. The van der Waals surface area contributed by atoms with E-state index in [0.717, 1.165) is 35.7 Å². The van der Waals surface area contributed by atoms with Gasteiger partial charge in [0.15, 0.2) is 11.5 Å². The summed E-state index contributed by atoms with van der Waals surface area (Å²) in [5, 5.41) is 4.13. The van der Waals surface area contributed by atoms with E-state index >= 15 is 0 Å². The third-order valence-corrected chi connectivity index (χ3v) is 6.31. The summed E-state index contributed by atoms with van der Waals surface area (Å²) in [7, 11) is 3.22. The van der Waals surface area contributed by atoms with Crippen LogP contribution in [0.25, 0.3) is 22.2 Å². The fourth-order valence-corrected chi connectivity index (χ4v) is 4.65. The second-order valence-electron chi connectivity index (χ2n) is 8.26. The summed E-state index contributed by atoms with van der Waals surface area (Å²) in [4.78, 5) is 18.4. The number of nitrogens with one attached hydrogen (secondary N) is 1. The molecule has 1 aromatic heterocycles. The number of ether oxygens (including phenoxy) is 2. The van der Waals surface area contributed by atoms with Crippen LogP contribution in [0.4, 0.5) is 0 Å². The molecule has 5 rings (SSSR count). The largest absolute Gasteiger partial charge is 0.493 e. The van der Waals surface area contributed by atoms with Gasteiger partial charge in [-0.25, -0.2) is 4.98 Å². The van der Waals surface area contributed by atoms with E-state index in [2.05, 4.69) is 23.5 Å². The summed E-state index contributed by atoms with van der Waals surface area (Å²) in [5.74, 6) is 1.18. The fraction of sp³-hybridized carbons (Fsp3) is 0.214. The van der Waals surface area contributed by atoms with Crippen LogP contribution in [-0.4, -0.2) is 25.1 Å². The number of nitrogens with zero attached hydrogens (tertiary/aromatic N) is 1. The maximum atomic E-state index is 13.6. The number of para-hydroxylation sites is 1. The molecule has 5 nitrogen and oxygen atoms in total. The lowest BCUT2D eigenvalue weighted by atomic mass is 9.87. The van der Waals surface area contributed by atoms with Crippen molar-refractivity contribution in [2.24, 2.45) is 0 Å². The molecule has 1 amide bonds. The summed E-state index contributed by atoms with van der Waals surface area (Å²) in [6.07, 6.45) is 3.06. The molecule has 166 valence electrons. The van der Waals surface area contributed by atoms with Crippen LogP contribution in [0.5, 0.6) is 11.5 Å². The van der Waals surface area contributed by atoms with Gasteiger partial charge in [-0.15, -0.1) is 0 Å². The van der Waals surface area contributed by atoms with Crippen LogP contribution in [0.1, 0.15) is 40.4 Å². The Labute approximate surface area is 193 Å². The van der Waals surface area contributed by atoms with Crippen LogP contribution in [0, 0.1) is 0 Å². The smallest absolute Gasteiger partial charge is 0.252 e. The molecule has 1 aliphatic carbocycles. The minimum absolute atomic E-state index is 0.0129. The number of pyridine rings is 1. The Balaban J connectivity index is 1.55. The molecule has 3 aromatic carbocycles. The molecule has 0 radical (unpaired) electrons. The van der Waals surface area contributed by atoms with Crippen molar-refractivity contribution in [2.45, 2.75) is 25.3 Å². The number of fused-ring (bicyclic) bond motifs is 2. The van der Waals surface area contributed by atoms with Gasteiger partial charge in [0.2, 0.25) is 0 Å². The number of amides is 1. The van der Waals surface area contributed by atoms with Crippen LogP contribution in [0.15, 0.2) is 72.8 Å². The van der Waals surface area contributed by atoms with E-state index in [1.54, 1.807) is 14.2 Å². The van der Waals surface area contributed by atoms with Gasteiger partial charge in [-0.05, 0) is 60.7 Å². The van der Waals surface area contributed by atoms with Crippen LogP contribution >= 0.6 is 0 Å². The summed E-state index contributed by atoms with van der Waals surface area (Å²) in [5.41, 5.74) is 5.50. The van der Waals surface area contributed by atoms with Crippen molar-refractivity contribution in [2.75, 3.05) is 14.2 Å². The predicted octanol–water partition coefficient (Wildman–Crippen LogP) is 5.73. The van der Waals surface area contributed by atoms with Crippen molar-refractivity contribution in [3.63, 3.8) is 0 Å². The normalized spacial score (nSPS) is 15.0. The molecule has 5 heteroatoms. The van der Waals surface area contributed by atoms with Crippen LogP contribution < -0.4 is 14.8 Å². The zero-order valence-corrected chi connectivity index (χ0v) is 18.8. The molecule has 1 N–H and O–H groups in total. The molecule has 0 saturated carbocycles. The van der Waals surface area contributed by atoms with Crippen LogP contribution in [-0.2, 0) is 6.42 Å². The highest BCUT2D eigenvalue weighted by Gasteiger charge is 2.23. The Kier molecular flexibility index (Phi) is 5.69. The Bertz CT molecular complexity index is 1330. The number of methoxy groups -OCH3 is 2. The Morgan fingerprint density at radius 2 is 1.73 bits per heavy atom.